The molecule has 3 atom stereocenters. The molecule has 0 aliphatic carbocycles. The van der Waals surface area contributed by atoms with Crippen LogP contribution in [0.15, 0.2) is 54.6 Å². The fourth-order valence-corrected chi connectivity index (χ4v) is 4.58. The molecular weight excluding hydrogens is 396 g/mol. The Morgan fingerprint density at radius 1 is 0.933 bits per heavy atom. The lowest BCUT2D eigenvalue weighted by Gasteiger charge is -2.22. The lowest BCUT2D eigenvalue weighted by Crippen LogP contribution is -2.33. The van der Waals surface area contributed by atoms with Crippen LogP contribution in [0.4, 0.5) is 0 Å². The lowest BCUT2D eigenvalue weighted by atomic mass is 9.86. The molecule has 0 aromatic heterocycles. The largest absolute Gasteiger partial charge is 0.481 e. The van der Waals surface area contributed by atoms with Crippen molar-refractivity contribution in [2.75, 3.05) is 0 Å². The fourth-order valence-electron chi connectivity index (χ4n) is 3.71. The number of rotatable bonds is 11. The van der Waals surface area contributed by atoms with E-state index >= 15 is 0 Å². The zero-order chi connectivity index (χ0) is 22.1. The van der Waals surface area contributed by atoms with Crippen molar-refractivity contribution in [1.82, 2.24) is 0 Å². The van der Waals surface area contributed by atoms with Crippen LogP contribution in [-0.2, 0) is 34.1 Å². The maximum atomic E-state index is 12.0. The first-order valence-electron chi connectivity index (χ1n) is 10.6. The standard InChI is InChI=1S/C25H34O4S/c1-25(2,3)21-16-14-20(15-17-21)18-23(30(28)29)22(24(26)27)13-9-5-8-12-19-10-6-4-7-11-19/h4,6-7,10-11,14-17,22-23H,5,8-9,12-13,18H2,1-3H3,(H,26,27)(H,28,29). The maximum Gasteiger partial charge on any atom is 0.307 e. The van der Waals surface area contributed by atoms with Crippen LogP contribution in [0, 0.1) is 5.92 Å². The Bertz CT molecular complexity index is 809. The van der Waals surface area contributed by atoms with Gasteiger partial charge in [-0.1, -0.05) is 88.2 Å². The quantitative estimate of drug-likeness (QED) is 0.358. The summed E-state index contributed by atoms with van der Waals surface area (Å²) < 4.78 is 21.8. The number of carboxylic acid groups (broad SMARTS) is 1. The highest BCUT2D eigenvalue weighted by Gasteiger charge is 2.32. The molecule has 30 heavy (non-hydrogen) atoms. The van der Waals surface area contributed by atoms with Gasteiger partial charge in [0.25, 0.3) is 0 Å². The SMILES string of the molecule is CC(C)(C)c1ccc(CC(C(CCCCCc2ccccc2)C(=O)O)S(=O)O)cc1. The molecule has 0 fully saturated rings. The number of carboxylic acids is 1. The van der Waals surface area contributed by atoms with Crippen molar-refractivity contribution in [3.8, 4) is 0 Å². The third-order valence-electron chi connectivity index (χ3n) is 5.61. The average molecular weight is 431 g/mol. The molecule has 2 aromatic rings. The van der Waals surface area contributed by atoms with E-state index in [0.29, 0.717) is 6.42 Å². The van der Waals surface area contributed by atoms with Gasteiger partial charge in [-0.25, -0.2) is 4.21 Å². The van der Waals surface area contributed by atoms with Crippen LogP contribution in [0.5, 0.6) is 0 Å². The highest BCUT2D eigenvalue weighted by Crippen LogP contribution is 2.25. The van der Waals surface area contributed by atoms with Gasteiger partial charge in [-0.2, -0.15) is 0 Å². The molecule has 0 radical (unpaired) electrons. The van der Waals surface area contributed by atoms with Crippen LogP contribution < -0.4 is 0 Å². The summed E-state index contributed by atoms with van der Waals surface area (Å²) >= 11 is -2.19. The Balaban J connectivity index is 1.94. The van der Waals surface area contributed by atoms with Crippen LogP contribution >= 0.6 is 0 Å². The highest BCUT2D eigenvalue weighted by molar-refractivity contribution is 7.79. The highest BCUT2D eigenvalue weighted by atomic mass is 32.2. The summed E-state index contributed by atoms with van der Waals surface area (Å²) in [6.45, 7) is 6.39. The van der Waals surface area contributed by atoms with E-state index in [2.05, 4.69) is 32.9 Å². The minimum absolute atomic E-state index is 0.0288. The molecule has 5 heteroatoms. The first-order chi connectivity index (χ1) is 14.2. The van der Waals surface area contributed by atoms with E-state index in [1.165, 1.54) is 11.1 Å². The van der Waals surface area contributed by atoms with Gasteiger partial charge in [0.2, 0.25) is 0 Å². The van der Waals surface area contributed by atoms with Gasteiger partial charge in [0.1, 0.15) is 0 Å². The van der Waals surface area contributed by atoms with Gasteiger partial charge < -0.3 is 9.66 Å². The normalized spacial score (nSPS) is 14.8. The second-order valence-electron chi connectivity index (χ2n) is 9.00. The van der Waals surface area contributed by atoms with Crippen molar-refractivity contribution in [2.45, 2.75) is 70.0 Å². The van der Waals surface area contributed by atoms with E-state index in [1.54, 1.807) is 0 Å². The number of hydrogen-bond donors (Lipinski definition) is 2. The Morgan fingerprint density at radius 2 is 1.57 bits per heavy atom. The van der Waals surface area contributed by atoms with Crippen molar-refractivity contribution in [1.29, 1.82) is 0 Å². The summed E-state index contributed by atoms with van der Waals surface area (Å²) in [5.41, 5.74) is 3.38. The predicted molar refractivity (Wildman–Crippen MR) is 123 cm³/mol. The summed E-state index contributed by atoms with van der Waals surface area (Å²) in [5, 5.41) is 8.90. The van der Waals surface area contributed by atoms with Crippen LogP contribution in [0.1, 0.15) is 63.1 Å². The smallest absolute Gasteiger partial charge is 0.307 e. The molecule has 3 unspecified atom stereocenters. The molecule has 2 rings (SSSR count). The van der Waals surface area contributed by atoms with E-state index in [1.807, 2.05) is 42.5 Å². The molecule has 0 saturated heterocycles. The number of benzene rings is 2. The van der Waals surface area contributed by atoms with E-state index in [-0.39, 0.29) is 11.8 Å². The zero-order valence-corrected chi connectivity index (χ0v) is 19.0. The minimum atomic E-state index is -2.19. The number of hydrogen-bond acceptors (Lipinski definition) is 2. The second kappa shape index (κ2) is 11.4. The van der Waals surface area contributed by atoms with Gasteiger partial charge in [-0.05, 0) is 47.8 Å². The van der Waals surface area contributed by atoms with Crippen molar-refractivity contribution >= 4 is 17.0 Å². The number of unbranched alkanes of at least 4 members (excludes halogenated alkanes) is 2. The van der Waals surface area contributed by atoms with E-state index in [4.69, 9.17) is 0 Å². The van der Waals surface area contributed by atoms with Gasteiger partial charge in [-0.15, -0.1) is 0 Å². The van der Waals surface area contributed by atoms with Crippen LogP contribution in [-0.4, -0.2) is 25.1 Å². The summed E-state index contributed by atoms with van der Waals surface area (Å²) in [4.78, 5) is 11.9. The molecular formula is C25H34O4S. The molecule has 0 heterocycles. The third-order valence-corrected chi connectivity index (χ3v) is 6.62. The number of carbonyl (C=O) groups is 1. The molecule has 2 N–H and O–H groups in total. The Labute approximate surface area is 183 Å². The molecule has 0 spiro atoms. The van der Waals surface area contributed by atoms with Gasteiger partial charge in [0, 0.05) is 0 Å². The van der Waals surface area contributed by atoms with E-state index in [9.17, 15) is 18.7 Å². The molecule has 0 bridgehead atoms. The predicted octanol–water partition coefficient (Wildman–Crippen LogP) is 5.62. The minimum Gasteiger partial charge on any atom is -0.481 e. The summed E-state index contributed by atoms with van der Waals surface area (Å²) in [7, 11) is 0. The van der Waals surface area contributed by atoms with E-state index in [0.717, 1.165) is 31.2 Å². The molecule has 0 amide bonds. The maximum absolute atomic E-state index is 12.0. The Kier molecular flexibility index (Phi) is 9.25. The Hall–Kier alpha value is -1.98. The van der Waals surface area contributed by atoms with Crippen molar-refractivity contribution in [2.24, 2.45) is 5.92 Å². The number of aryl methyl sites for hydroxylation is 1. The summed E-state index contributed by atoms with van der Waals surface area (Å²) in [5.74, 6) is -1.81. The average Bonchev–Trinajstić information content (AvgIpc) is 2.69. The molecule has 164 valence electrons. The Morgan fingerprint density at radius 3 is 2.10 bits per heavy atom. The van der Waals surface area contributed by atoms with Gasteiger partial charge >= 0.3 is 5.97 Å². The van der Waals surface area contributed by atoms with E-state index < -0.39 is 28.2 Å². The summed E-state index contributed by atoms with van der Waals surface area (Å²) in [6.07, 6.45) is 4.30. The number of aliphatic carboxylic acids is 1. The third kappa shape index (κ3) is 7.69. The van der Waals surface area contributed by atoms with Gasteiger partial charge in [-0.3, -0.25) is 4.79 Å². The molecule has 0 aliphatic heterocycles. The van der Waals surface area contributed by atoms with Crippen molar-refractivity contribution < 1.29 is 18.7 Å². The zero-order valence-electron chi connectivity index (χ0n) is 18.2. The summed E-state index contributed by atoms with van der Waals surface area (Å²) in [6, 6.07) is 18.1. The van der Waals surface area contributed by atoms with Crippen LogP contribution in [0.3, 0.4) is 0 Å². The molecule has 2 aromatic carbocycles. The lowest BCUT2D eigenvalue weighted by molar-refractivity contribution is -0.142. The van der Waals surface area contributed by atoms with Gasteiger partial charge in [0.05, 0.1) is 11.2 Å². The van der Waals surface area contributed by atoms with Crippen LogP contribution in [0.2, 0.25) is 0 Å². The molecule has 4 nitrogen and oxygen atoms in total. The topological polar surface area (TPSA) is 74.6 Å². The van der Waals surface area contributed by atoms with Crippen LogP contribution in [0.25, 0.3) is 0 Å². The fraction of sp³-hybridized carbons (Fsp3) is 0.480. The second-order valence-corrected chi connectivity index (χ2v) is 10.2. The van der Waals surface area contributed by atoms with Crippen molar-refractivity contribution in [3.05, 3.63) is 71.3 Å². The first-order valence-corrected chi connectivity index (χ1v) is 11.8. The molecule has 0 saturated carbocycles. The van der Waals surface area contributed by atoms with Gasteiger partial charge in [0.15, 0.2) is 11.1 Å². The monoisotopic (exact) mass is 430 g/mol. The first kappa shape index (κ1) is 24.3. The van der Waals surface area contributed by atoms with Crippen molar-refractivity contribution in [3.63, 3.8) is 0 Å². The molecule has 0 aliphatic rings.